The summed E-state index contributed by atoms with van der Waals surface area (Å²) in [6.07, 6.45) is 0. The maximum absolute atomic E-state index is 6.43. The molecule has 0 amide bonds. The number of hydrogen-bond acceptors (Lipinski definition) is 2. The molecule has 0 N–H and O–H groups in total. The monoisotopic (exact) mass is 426 g/mol. The normalized spacial score (nSPS) is 14.4. The standard InChI is InChI=1S/C27H19ClOS/c1-27(2)22-15-17(10-12-18(22)19-6-3-4-9-24(19)29-27)16-11-13-25-21(14-16)20-7-5-8-23(28)26(20)30-25/h3-15H,1-2H3. The first-order valence-electron chi connectivity index (χ1n) is 10.1. The first-order chi connectivity index (χ1) is 14.5. The van der Waals surface area contributed by atoms with Gasteiger partial charge in [0.1, 0.15) is 11.4 Å². The lowest BCUT2D eigenvalue weighted by molar-refractivity contribution is 0.106. The lowest BCUT2D eigenvalue weighted by Crippen LogP contribution is -2.29. The average Bonchev–Trinajstić information content (AvgIpc) is 3.13. The minimum atomic E-state index is -0.383. The summed E-state index contributed by atoms with van der Waals surface area (Å²) in [5.41, 5.74) is 5.66. The summed E-state index contributed by atoms with van der Waals surface area (Å²) in [6.45, 7) is 4.28. The molecule has 0 fully saturated rings. The highest BCUT2D eigenvalue weighted by atomic mass is 35.5. The quantitative estimate of drug-likeness (QED) is 0.260. The molecule has 1 nitrogen and oxygen atoms in total. The molecule has 0 unspecified atom stereocenters. The van der Waals surface area contributed by atoms with Crippen LogP contribution in [0.4, 0.5) is 0 Å². The maximum Gasteiger partial charge on any atom is 0.129 e. The molecule has 146 valence electrons. The number of ether oxygens (including phenoxy) is 1. The molecule has 0 saturated carbocycles. The van der Waals surface area contributed by atoms with Crippen LogP contribution in [0.5, 0.6) is 5.75 Å². The Morgan fingerprint density at radius 3 is 2.47 bits per heavy atom. The Labute approximate surface area is 184 Å². The number of halogens is 1. The van der Waals surface area contributed by atoms with E-state index in [0.29, 0.717) is 0 Å². The number of hydrogen-bond donors (Lipinski definition) is 0. The summed E-state index contributed by atoms with van der Waals surface area (Å²) in [5, 5.41) is 3.30. The second kappa shape index (κ2) is 6.34. The van der Waals surface area contributed by atoms with Gasteiger partial charge in [0, 0.05) is 26.6 Å². The third-order valence-electron chi connectivity index (χ3n) is 5.99. The van der Waals surface area contributed by atoms with Crippen LogP contribution in [0.2, 0.25) is 5.02 Å². The number of benzene rings is 4. The molecular weight excluding hydrogens is 408 g/mol. The second-order valence-corrected chi connectivity index (χ2v) is 9.76. The first kappa shape index (κ1) is 18.0. The van der Waals surface area contributed by atoms with E-state index in [1.165, 1.54) is 37.7 Å². The molecule has 0 aliphatic carbocycles. The summed E-state index contributed by atoms with van der Waals surface area (Å²) >= 11 is 8.19. The van der Waals surface area contributed by atoms with E-state index in [9.17, 15) is 0 Å². The van der Waals surface area contributed by atoms with Gasteiger partial charge in [-0.15, -0.1) is 11.3 Å². The van der Waals surface area contributed by atoms with Gasteiger partial charge in [-0.1, -0.05) is 60.1 Å². The molecule has 5 aromatic rings. The molecule has 0 saturated heterocycles. The van der Waals surface area contributed by atoms with Crippen LogP contribution in [0.25, 0.3) is 42.4 Å². The predicted octanol–water partition coefficient (Wildman–Crippen LogP) is 8.67. The highest BCUT2D eigenvalue weighted by molar-refractivity contribution is 7.26. The van der Waals surface area contributed by atoms with Crippen LogP contribution >= 0.6 is 22.9 Å². The van der Waals surface area contributed by atoms with Crippen molar-refractivity contribution in [1.82, 2.24) is 0 Å². The van der Waals surface area contributed by atoms with Gasteiger partial charge in [0.25, 0.3) is 0 Å². The summed E-state index contributed by atoms with van der Waals surface area (Å²) in [4.78, 5) is 0. The molecule has 1 aromatic heterocycles. The maximum atomic E-state index is 6.43. The summed E-state index contributed by atoms with van der Waals surface area (Å²) in [5.74, 6) is 0.950. The molecule has 1 aliphatic rings. The molecule has 2 heterocycles. The number of rotatable bonds is 1. The molecule has 0 atom stereocenters. The highest BCUT2D eigenvalue weighted by Crippen LogP contribution is 2.46. The molecule has 3 heteroatoms. The minimum Gasteiger partial charge on any atom is -0.482 e. The zero-order valence-corrected chi connectivity index (χ0v) is 18.3. The largest absolute Gasteiger partial charge is 0.482 e. The predicted molar refractivity (Wildman–Crippen MR) is 129 cm³/mol. The fourth-order valence-corrected chi connectivity index (χ4v) is 5.89. The van der Waals surface area contributed by atoms with Crippen molar-refractivity contribution in [3.63, 3.8) is 0 Å². The van der Waals surface area contributed by atoms with Crippen LogP contribution in [-0.2, 0) is 5.60 Å². The Balaban J connectivity index is 1.55. The molecule has 0 spiro atoms. The van der Waals surface area contributed by atoms with Crippen molar-refractivity contribution in [3.8, 4) is 28.0 Å². The topological polar surface area (TPSA) is 9.23 Å². The third kappa shape index (κ3) is 2.61. The Bertz CT molecular complexity index is 1460. The van der Waals surface area contributed by atoms with Crippen molar-refractivity contribution in [3.05, 3.63) is 89.4 Å². The van der Waals surface area contributed by atoms with Crippen molar-refractivity contribution in [1.29, 1.82) is 0 Å². The number of para-hydroxylation sites is 1. The van der Waals surface area contributed by atoms with Crippen LogP contribution in [-0.4, -0.2) is 0 Å². The van der Waals surface area contributed by atoms with Crippen molar-refractivity contribution in [2.75, 3.05) is 0 Å². The van der Waals surface area contributed by atoms with E-state index in [1.54, 1.807) is 11.3 Å². The number of fused-ring (bicyclic) bond motifs is 6. The summed E-state index contributed by atoms with van der Waals surface area (Å²) in [6, 6.07) is 27.9. The summed E-state index contributed by atoms with van der Waals surface area (Å²) < 4.78 is 8.77. The van der Waals surface area contributed by atoms with Gasteiger partial charge in [0.05, 0.1) is 9.72 Å². The van der Waals surface area contributed by atoms with Crippen LogP contribution in [0.3, 0.4) is 0 Å². The van der Waals surface area contributed by atoms with E-state index in [4.69, 9.17) is 16.3 Å². The van der Waals surface area contributed by atoms with Crippen molar-refractivity contribution in [2.45, 2.75) is 19.4 Å². The van der Waals surface area contributed by atoms with Gasteiger partial charge in [0.2, 0.25) is 0 Å². The molecule has 0 radical (unpaired) electrons. The molecule has 30 heavy (non-hydrogen) atoms. The van der Waals surface area contributed by atoms with Crippen LogP contribution in [0.15, 0.2) is 78.9 Å². The lowest BCUT2D eigenvalue weighted by Gasteiger charge is -2.35. The van der Waals surface area contributed by atoms with E-state index in [2.05, 4.69) is 74.5 Å². The van der Waals surface area contributed by atoms with E-state index >= 15 is 0 Å². The fraction of sp³-hybridized carbons (Fsp3) is 0.111. The van der Waals surface area contributed by atoms with E-state index in [1.807, 2.05) is 18.2 Å². The molecule has 1 aliphatic heterocycles. The first-order valence-corrected chi connectivity index (χ1v) is 11.2. The van der Waals surface area contributed by atoms with Gasteiger partial charge in [-0.05, 0) is 60.9 Å². The van der Waals surface area contributed by atoms with Crippen molar-refractivity contribution < 1.29 is 4.74 Å². The smallest absolute Gasteiger partial charge is 0.129 e. The third-order valence-corrected chi connectivity index (χ3v) is 7.64. The van der Waals surface area contributed by atoms with Crippen molar-refractivity contribution in [2.24, 2.45) is 0 Å². The van der Waals surface area contributed by atoms with Gasteiger partial charge < -0.3 is 4.74 Å². The highest BCUT2D eigenvalue weighted by Gasteiger charge is 2.32. The van der Waals surface area contributed by atoms with E-state index < -0.39 is 0 Å². The minimum absolute atomic E-state index is 0.383. The SMILES string of the molecule is CC1(C)Oc2ccccc2-c2ccc(-c3ccc4sc5c(Cl)cccc5c4c3)cc21. The van der Waals surface area contributed by atoms with Crippen LogP contribution in [0.1, 0.15) is 19.4 Å². The second-order valence-electron chi connectivity index (χ2n) is 8.30. The van der Waals surface area contributed by atoms with Gasteiger partial charge in [-0.25, -0.2) is 0 Å². The Hall–Kier alpha value is -2.81. The van der Waals surface area contributed by atoms with E-state index in [-0.39, 0.29) is 5.60 Å². The average molecular weight is 427 g/mol. The zero-order chi connectivity index (χ0) is 20.5. The molecule has 6 rings (SSSR count). The zero-order valence-electron chi connectivity index (χ0n) is 16.7. The van der Waals surface area contributed by atoms with Crippen molar-refractivity contribution >= 4 is 43.1 Å². The number of thiophene rings is 1. The fourth-order valence-electron chi connectivity index (χ4n) is 4.51. The molecule has 0 bridgehead atoms. The van der Waals surface area contributed by atoms with Gasteiger partial charge >= 0.3 is 0 Å². The van der Waals surface area contributed by atoms with Gasteiger partial charge in [-0.3, -0.25) is 0 Å². The molecular formula is C27H19ClOS. The molecule has 4 aromatic carbocycles. The van der Waals surface area contributed by atoms with Gasteiger partial charge in [-0.2, -0.15) is 0 Å². The van der Waals surface area contributed by atoms with Gasteiger partial charge in [0.15, 0.2) is 0 Å². The van der Waals surface area contributed by atoms with E-state index in [0.717, 1.165) is 21.0 Å². The van der Waals surface area contributed by atoms with Crippen LogP contribution < -0.4 is 4.74 Å². The Kier molecular flexibility index (Phi) is 3.80. The Morgan fingerprint density at radius 1 is 0.767 bits per heavy atom. The lowest BCUT2D eigenvalue weighted by atomic mass is 9.84. The van der Waals surface area contributed by atoms with Crippen LogP contribution in [0, 0.1) is 0 Å². The summed E-state index contributed by atoms with van der Waals surface area (Å²) in [7, 11) is 0. The Morgan fingerprint density at radius 2 is 1.57 bits per heavy atom.